The molecule has 1 saturated carbocycles. The Morgan fingerprint density at radius 2 is 1.75 bits per heavy atom. The summed E-state index contributed by atoms with van der Waals surface area (Å²) in [5.41, 5.74) is 8.82. The minimum Gasteiger partial charge on any atom is -0.330 e. The summed E-state index contributed by atoms with van der Waals surface area (Å²) in [6.45, 7) is 4.55. The van der Waals surface area contributed by atoms with Crippen molar-refractivity contribution in [1.29, 1.82) is 0 Å². The Bertz CT molecular complexity index is 392. The van der Waals surface area contributed by atoms with E-state index in [1.807, 2.05) is 19.9 Å². The van der Waals surface area contributed by atoms with E-state index in [4.69, 9.17) is 5.73 Å². The van der Waals surface area contributed by atoms with E-state index in [1.165, 1.54) is 12.8 Å². The predicted molar refractivity (Wildman–Crippen MR) is 65.1 cm³/mol. The van der Waals surface area contributed by atoms with Crippen LogP contribution in [0, 0.1) is 19.7 Å². The summed E-state index contributed by atoms with van der Waals surface area (Å²) in [6.07, 6.45) is 4.40. The first-order valence-electron chi connectivity index (χ1n) is 6.06. The molecular formula is C14H20FN. The second-order valence-corrected chi connectivity index (χ2v) is 5.11. The van der Waals surface area contributed by atoms with Gasteiger partial charge in [-0.3, -0.25) is 0 Å². The monoisotopic (exact) mass is 221 g/mol. The SMILES string of the molecule is Cc1cc(F)c(C2(CN)CCCC2)cc1C. The second kappa shape index (κ2) is 4.17. The van der Waals surface area contributed by atoms with E-state index >= 15 is 0 Å². The van der Waals surface area contributed by atoms with E-state index in [0.717, 1.165) is 29.5 Å². The van der Waals surface area contributed by atoms with Crippen LogP contribution in [-0.4, -0.2) is 6.54 Å². The molecular weight excluding hydrogens is 201 g/mol. The molecule has 1 aromatic carbocycles. The minimum absolute atomic E-state index is 0.0737. The number of halogens is 1. The van der Waals surface area contributed by atoms with Crippen molar-refractivity contribution in [3.8, 4) is 0 Å². The van der Waals surface area contributed by atoms with Gasteiger partial charge >= 0.3 is 0 Å². The smallest absolute Gasteiger partial charge is 0.127 e. The number of hydrogen-bond donors (Lipinski definition) is 1. The third-order valence-electron chi connectivity index (χ3n) is 4.11. The largest absolute Gasteiger partial charge is 0.330 e. The van der Waals surface area contributed by atoms with Gasteiger partial charge < -0.3 is 5.73 Å². The van der Waals surface area contributed by atoms with Gasteiger partial charge in [0.1, 0.15) is 5.82 Å². The van der Waals surface area contributed by atoms with E-state index in [2.05, 4.69) is 0 Å². The average Bonchev–Trinajstić information content (AvgIpc) is 2.73. The zero-order valence-corrected chi connectivity index (χ0v) is 10.1. The van der Waals surface area contributed by atoms with E-state index < -0.39 is 0 Å². The van der Waals surface area contributed by atoms with Crippen molar-refractivity contribution in [2.24, 2.45) is 5.73 Å². The summed E-state index contributed by atoms with van der Waals surface area (Å²) in [4.78, 5) is 0. The molecule has 1 fully saturated rings. The van der Waals surface area contributed by atoms with Crippen LogP contribution in [-0.2, 0) is 5.41 Å². The van der Waals surface area contributed by atoms with Crippen LogP contribution in [0.1, 0.15) is 42.4 Å². The Labute approximate surface area is 96.9 Å². The van der Waals surface area contributed by atoms with Crippen LogP contribution in [0.2, 0.25) is 0 Å². The summed E-state index contributed by atoms with van der Waals surface area (Å²) in [5.74, 6) is -0.0737. The van der Waals surface area contributed by atoms with Crippen LogP contribution in [0.3, 0.4) is 0 Å². The molecule has 2 rings (SSSR count). The molecule has 16 heavy (non-hydrogen) atoms. The maximum Gasteiger partial charge on any atom is 0.127 e. The van der Waals surface area contributed by atoms with Gasteiger partial charge in [0.2, 0.25) is 0 Å². The van der Waals surface area contributed by atoms with Gasteiger partial charge in [-0.25, -0.2) is 4.39 Å². The number of benzene rings is 1. The van der Waals surface area contributed by atoms with Gasteiger partial charge in [0.25, 0.3) is 0 Å². The summed E-state index contributed by atoms with van der Waals surface area (Å²) >= 11 is 0. The van der Waals surface area contributed by atoms with Gasteiger partial charge in [-0.2, -0.15) is 0 Å². The van der Waals surface area contributed by atoms with Crippen LogP contribution in [0.15, 0.2) is 12.1 Å². The zero-order valence-electron chi connectivity index (χ0n) is 10.1. The normalized spacial score (nSPS) is 19.0. The fraction of sp³-hybridized carbons (Fsp3) is 0.571. The summed E-state index contributed by atoms with van der Waals surface area (Å²) < 4.78 is 14.1. The lowest BCUT2D eigenvalue weighted by Crippen LogP contribution is -2.33. The predicted octanol–water partition coefficient (Wildman–Crippen LogP) is 3.21. The highest BCUT2D eigenvalue weighted by Gasteiger charge is 2.36. The molecule has 0 radical (unpaired) electrons. The topological polar surface area (TPSA) is 26.0 Å². The van der Waals surface area contributed by atoms with Crippen LogP contribution < -0.4 is 5.73 Å². The van der Waals surface area contributed by atoms with Crippen molar-refractivity contribution in [3.05, 3.63) is 34.6 Å². The van der Waals surface area contributed by atoms with Crippen molar-refractivity contribution < 1.29 is 4.39 Å². The third-order valence-corrected chi connectivity index (χ3v) is 4.11. The fourth-order valence-corrected chi connectivity index (χ4v) is 2.82. The number of nitrogens with two attached hydrogens (primary N) is 1. The molecule has 0 aliphatic heterocycles. The molecule has 1 aromatic rings. The molecule has 88 valence electrons. The zero-order chi connectivity index (χ0) is 11.8. The average molecular weight is 221 g/mol. The highest BCUT2D eigenvalue weighted by molar-refractivity contribution is 5.37. The van der Waals surface area contributed by atoms with Crippen molar-refractivity contribution in [1.82, 2.24) is 0 Å². The third kappa shape index (κ3) is 1.75. The van der Waals surface area contributed by atoms with Gasteiger partial charge in [0, 0.05) is 12.0 Å². The quantitative estimate of drug-likeness (QED) is 0.815. The summed E-state index contributed by atoms with van der Waals surface area (Å²) in [7, 11) is 0. The van der Waals surface area contributed by atoms with Crippen molar-refractivity contribution in [3.63, 3.8) is 0 Å². The summed E-state index contributed by atoms with van der Waals surface area (Å²) in [5, 5.41) is 0. The van der Waals surface area contributed by atoms with Crippen LogP contribution in [0.5, 0.6) is 0 Å². The maximum absolute atomic E-state index is 14.1. The lowest BCUT2D eigenvalue weighted by Gasteiger charge is -2.29. The van der Waals surface area contributed by atoms with Gasteiger partial charge in [0.05, 0.1) is 0 Å². The molecule has 0 amide bonds. The first kappa shape index (κ1) is 11.6. The Balaban J connectivity index is 2.50. The molecule has 0 aromatic heterocycles. The first-order chi connectivity index (χ1) is 7.59. The molecule has 1 aliphatic rings. The molecule has 0 heterocycles. The molecule has 0 bridgehead atoms. The van der Waals surface area contributed by atoms with Crippen molar-refractivity contribution in [2.45, 2.75) is 44.9 Å². The Kier molecular flexibility index (Phi) is 3.02. The number of rotatable bonds is 2. The van der Waals surface area contributed by atoms with E-state index in [1.54, 1.807) is 6.07 Å². The Morgan fingerprint density at radius 1 is 1.19 bits per heavy atom. The second-order valence-electron chi connectivity index (χ2n) is 5.11. The van der Waals surface area contributed by atoms with Crippen LogP contribution >= 0.6 is 0 Å². The lowest BCUT2D eigenvalue weighted by molar-refractivity contribution is 0.426. The molecule has 1 nitrogen and oxygen atoms in total. The van der Waals surface area contributed by atoms with E-state index in [0.29, 0.717) is 6.54 Å². The molecule has 1 aliphatic carbocycles. The van der Waals surface area contributed by atoms with Gasteiger partial charge in [-0.1, -0.05) is 18.9 Å². The van der Waals surface area contributed by atoms with Gasteiger partial charge in [-0.05, 0) is 49.4 Å². The van der Waals surface area contributed by atoms with Crippen LogP contribution in [0.4, 0.5) is 4.39 Å². The molecule has 0 spiro atoms. The van der Waals surface area contributed by atoms with Crippen LogP contribution in [0.25, 0.3) is 0 Å². The van der Waals surface area contributed by atoms with E-state index in [-0.39, 0.29) is 11.2 Å². The summed E-state index contributed by atoms with van der Waals surface area (Å²) in [6, 6.07) is 3.66. The van der Waals surface area contributed by atoms with E-state index in [9.17, 15) is 4.39 Å². The minimum atomic E-state index is -0.0947. The molecule has 0 saturated heterocycles. The first-order valence-corrected chi connectivity index (χ1v) is 6.06. The Morgan fingerprint density at radius 3 is 2.31 bits per heavy atom. The van der Waals surface area contributed by atoms with Gasteiger partial charge in [0.15, 0.2) is 0 Å². The number of hydrogen-bond acceptors (Lipinski definition) is 1. The van der Waals surface area contributed by atoms with Crippen molar-refractivity contribution in [2.75, 3.05) is 6.54 Å². The molecule has 0 unspecified atom stereocenters. The highest BCUT2D eigenvalue weighted by Crippen LogP contribution is 2.41. The Hall–Kier alpha value is -0.890. The maximum atomic E-state index is 14.1. The number of aryl methyl sites for hydroxylation is 2. The molecule has 0 atom stereocenters. The molecule has 2 heteroatoms. The fourth-order valence-electron chi connectivity index (χ4n) is 2.82. The molecule has 2 N–H and O–H groups in total. The van der Waals surface area contributed by atoms with Crippen molar-refractivity contribution >= 4 is 0 Å². The standard InChI is InChI=1S/C14H20FN/c1-10-7-12(13(15)8-11(10)2)14(9-16)5-3-4-6-14/h7-8H,3-6,9,16H2,1-2H3. The lowest BCUT2D eigenvalue weighted by atomic mass is 9.78. The van der Waals surface area contributed by atoms with Gasteiger partial charge in [-0.15, -0.1) is 0 Å². The highest BCUT2D eigenvalue weighted by atomic mass is 19.1.